The summed E-state index contributed by atoms with van der Waals surface area (Å²) in [6.07, 6.45) is 2.54. The van der Waals surface area contributed by atoms with Gasteiger partial charge in [-0.25, -0.2) is 24.0 Å². The van der Waals surface area contributed by atoms with Crippen LogP contribution in [0.5, 0.6) is 5.75 Å². The molecule has 2 aliphatic rings. The van der Waals surface area contributed by atoms with E-state index in [1.165, 1.54) is 0 Å². The van der Waals surface area contributed by atoms with Gasteiger partial charge >= 0.3 is 0 Å². The standard InChI is InChI=1S/C21H25FN8O2/c1-11(2)30-21(25-12(3)27-30)15-10-28-4-5-32-17-7-18(24-8-14(17)20(28)26-15)29-9-13(22)6-16(29)19(23)31/h7-8,10-11,13,16H,4-6,9H2,1-3H3,(H2,23,31)/t13-,16-/m0/s1. The van der Waals surface area contributed by atoms with Gasteiger partial charge in [-0.3, -0.25) is 4.79 Å². The average Bonchev–Trinajstić information content (AvgIpc) is 3.42. The third-order valence-corrected chi connectivity index (χ3v) is 5.79. The zero-order valence-electron chi connectivity index (χ0n) is 18.2. The van der Waals surface area contributed by atoms with Crippen LogP contribution >= 0.6 is 0 Å². The molecule has 0 radical (unpaired) electrons. The number of pyridine rings is 1. The van der Waals surface area contributed by atoms with Crippen molar-refractivity contribution in [1.29, 1.82) is 0 Å². The molecular formula is C21H25FN8O2. The number of nitrogens with two attached hydrogens (primary N) is 1. The Hall–Kier alpha value is -3.50. The molecule has 3 aromatic heterocycles. The molecule has 1 amide bonds. The third kappa shape index (κ3) is 3.37. The maximum Gasteiger partial charge on any atom is 0.240 e. The number of fused-ring (bicyclic) bond motifs is 3. The number of primary amides is 1. The van der Waals surface area contributed by atoms with Crippen molar-refractivity contribution >= 4 is 11.7 Å². The van der Waals surface area contributed by atoms with E-state index in [0.29, 0.717) is 42.2 Å². The molecule has 5 heterocycles. The van der Waals surface area contributed by atoms with Crippen LogP contribution in [0.2, 0.25) is 0 Å². The van der Waals surface area contributed by atoms with E-state index in [0.717, 1.165) is 11.3 Å². The summed E-state index contributed by atoms with van der Waals surface area (Å²) in [5.41, 5.74) is 6.92. The number of ether oxygens (including phenoxy) is 1. The molecule has 0 saturated carbocycles. The van der Waals surface area contributed by atoms with Crippen molar-refractivity contribution in [1.82, 2.24) is 29.3 Å². The average molecular weight is 440 g/mol. The maximum atomic E-state index is 14.0. The van der Waals surface area contributed by atoms with E-state index in [1.807, 2.05) is 36.2 Å². The Balaban J connectivity index is 1.54. The first-order valence-corrected chi connectivity index (χ1v) is 10.7. The Labute approximate surface area is 184 Å². The first kappa shape index (κ1) is 20.4. The fourth-order valence-electron chi connectivity index (χ4n) is 4.31. The molecule has 3 aromatic rings. The number of alkyl halides is 1. The summed E-state index contributed by atoms with van der Waals surface area (Å²) < 4.78 is 23.8. The minimum atomic E-state index is -1.13. The van der Waals surface area contributed by atoms with E-state index < -0.39 is 18.1 Å². The van der Waals surface area contributed by atoms with Crippen LogP contribution in [0.3, 0.4) is 0 Å². The summed E-state index contributed by atoms with van der Waals surface area (Å²) in [7, 11) is 0. The van der Waals surface area contributed by atoms with Gasteiger partial charge in [-0.15, -0.1) is 0 Å². The number of aromatic nitrogens is 6. The van der Waals surface area contributed by atoms with E-state index in [1.54, 1.807) is 17.2 Å². The van der Waals surface area contributed by atoms with E-state index >= 15 is 0 Å². The van der Waals surface area contributed by atoms with Crippen molar-refractivity contribution < 1.29 is 13.9 Å². The first-order chi connectivity index (χ1) is 15.3. The molecule has 5 rings (SSSR count). The smallest absolute Gasteiger partial charge is 0.240 e. The number of carbonyl (C=O) groups is 1. The van der Waals surface area contributed by atoms with Crippen LogP contribution in [0.25, 0.3) is 22.9 Å². The number of nitrogens with zero attached hydrogens (tertiary/aromatic N) is 7. The molecule has 0 bridgehead atoms. The summed E-state index contributed by atoms with van der Waals surface area (Å²) in [6.45, 7) is 7.06. The highest BCUT2D eigenvalue weighted by Gasteiger charge is 2.37. The quantitative estimate of drug-likeness (QED) is 0.658. The van der Waals surface area contributed by atoms with Crippen molar-refractivity contribution in [2.24, 2.45) is 5.73 Å². The summed E-state index contributed by atoms with van der Waals surface area (Å²) in [5.74, 6) is 2.58. The van der Waals surface area contributed by atoms with Gasteiger partial charge in [0.15, 0.2) is 5.82 Å². The molecule has 10 nitrogen and oxygen atoms in total. The normalized spacial score (nSPS) is 20.1. The summed E-state index contributed by atoms with van der Waals surface area (Å²) in [5, 5.41) is 4.48. The van der Waals surface area contributed by atoms with Crippen LogP contribution in [0, 0.1) is 6.92 Å². The second-order valence-electron chi connectivity index (χ2n) is 8.45. The fraction of sp³-hybridized carbons (Fsp3) is 0.476. The van der Waals surface area contributed by atoms with E-state index in [4.69, 9.17) is 15.5 Å². The zero-order valence-corrected chi connectivity index (χ0v) is 18.2. The van der Waals surface area contributed by atoms with E-state index in [2.05, 4.69) is 15.1 Å². The number of aryl methyl sites for hydroxylation is 1. The van der Waals surface area contributed by atoms with Gasteiger partial charge in [0.1, 0.15) is 47.7 Å². The Morgan fingerprint density at radius 2 is 2.12 bits per heavy atom. The SMILES string of the molecule is Cc1nc(-c2cn3c(n2)-c2cnc(N4C[C@@H](F)C[C@H]4C(N)=O)cc2OCC3)n(C(C)C)n1. The molecule has 0 aliphatic carbocycles. The number of imidazole rings is 1. The van der Waals surface area contributed by atoms with Gasteiger partial charge in [-0.1, -0.05) is 0 Å². The lowest BCUT2D eigenvalue weighted by atomic mass is 10.2. The van der Waals surface area contributed by atoms with Crippen LogP contribution in [-0.2, 0) is 11.3 Å². The molecule has 0 unspecified atom stereocenters. The van der Waals surface area contributed by atoms with Crippen LogP contribution < -0.4 is 15.4 Å². The first-order valence-electron chi connectivity index (χ1n) is 10.7. The molecule has 32 heavy (non-hydrogen) atoms. The summed E-state index contributed by atoms with van der Waals surface area (Å²) in [6, 6.07) is 1.15. The number of amides is 1. The molecule has 1 fully saturated rings. The molecule has 2 N–H and O–H groups in total. The van der Waals surface area contributed by atoms with Gasteiger partial charge in [-0.05, 0) is 20.8 Å². The van der Waals surface area contributed by atoms with E-state index in [9.17, 15) is 9.18 Å². The van der Waals surface area contributed by atoms with Crippen LogP contribution in [0.4, 0.5) is 10.2 Å². The lowest BCUT2D eigenvalue weighted by Crippen LogP contribution is -2.40. The Kier molecular flexibility index (Phi) is 4.83. The van der Waals surface area contributed by atoms with Crippen LogP contribution in [0.1, 0.15) is 32.1 Å². The Bertz CT molecular complexity index is 1190. The highest BCUT2D eigenvalue weighted by molar-refractivity contribution is 5.84. The number of hydrogen-bond acceptors (Lipinski definition) is 7. The molecule has 2 atom stereocenters. The van der Waals surface area contributed by atoms with E-state index in [-0.39, 0.29) is 19.0 Å². The molecule has 168 valence electrons. The molecule has 2 aliphatic heterocycles. The maximum absolute atomic E-state index is 14.0. The molecule has 0 aromatic carbocycles. The van der Waals surface area contributed by atoms with Crippen molar-refractivity contribution in [3.63, 3.8) is 0 Å². The van der Waals surface area contributed by atoms with Crippen LogP contribution in [-0.4, -0.2) is 60.6 Å². The number of halogens is 1. The molecule has 11 heteroatoms. The lowest BCUT2D eigenvalue weighted by molar-refractivity contribution is -0.119. The largest absolute Gasteiger partial charge is 0.491 e. The minimum absolute atomic E-state index is 0.0681. The second-order valence-corrected chi connectivity index (χ2v) is 8.45. The Morgan fingerprint density at radius 3 is 2.88 bits per heavy atom. The number of carbonyl (C=O) groups excluding carboxylic acids is 1. The number of rotatable bonds is 4. The summed E-state index contributed by atoms with van der Waals surface area (Å²) in [4.78, 5) is 27.3. The molecule has 1 saturated heterocycles. The molecule has 0 spiro atoms. The third-order valence-electron chi connectivity index (χ3n) is 5.79. The predicted molar refractivity (Wildman–Crippen MR) is 115 cm³/mol. The monoisotopic (exact) mass is 440 g/mol. The van der Waals surface area contributed by atoms with Gasteiger partial charge < -0.3 is 19.9 Å². The second kappa shape index (κ2) is 7.57. The van der Waals surface area contributed by atoms with Gasteiger partial charge in [0.2, 0.25) is 5.91 Å². The van der Waals surface area contributed by atoms with Gasteiger partial charge in [0.25, 0.3) is 0 Å². The van der Waals surface area contributed by atoms with Crippen molar-refractivity contribution in [3.8, 4) is 28.7 Å². The number of anilines is 1. The minimum Gasteiger partial charge on any atom is -0.491 e. The summed E-state index contributed by atoms with van der Waals surface area (Å²) >= 11 is 0. The highest BCUT2D eigenvalue weighted by atomic mass is 19.1. The van der Waals surface area contributed by atoms with Gasteiger partial charge in [0, 0.05) is 30.9 Å². The highest BCUT2D eigenvalue weighted by Crippen LogP contribution is 2.37. The topological polar surface area (TPSA) is 117 Å². The van der Waals surface area contributed by atoms with Gasteiger partial charge in [0.05, 0.1) is 18.7 Å². The fourth-order valence-corrected chi connectivity index (χ4v) is 4.31. The predicted octanol–water partition coefficient (Wildman–Crippen LogP) is 1.89. The lowest BCUT2D eigenvalue weighted by Gasteiger charge is -2.23. The Morgan fingerprint density at radius 1 is 1.31 bits per heavy atom. The van der Waals surface area contributed by atoms with Gasteiger partial charge in [-0.2, -0.15) is 5.10 Å². The number of hydrogen-bond donors (Lipinski definition) is 1. The van der Waals surface area contributed by atoms with Crippen LogP contribution in [0.15, 0.2) is 18.5 Å². The zero-order chi connectivity index (χ0) is 22.6. The molecular weight excluding hydrogens is 415 g/mol. The van der Waals surface area contributed by atoms with Crippen molar-refractivity contribution in [2.75, 3.05) is 18.1 Å². The van der Waals surface area contributed by atoms with Crippen molar-refractivity contribution in [2.45, 2.75) is 52.0 Å². The van der Waals surface area contributed by atoms with Crippen molar-refractivity contribution in [3.05, 3.63) is 24.3 Å².